The molecule has 5 rings (SSSR count). The predicted octanol–water partition coefficient (Wildman–Crippen LogP) is 5.57. The number of hydrogen-bond acceptors (Lipinski definition) is 5. The van der Waals surface area contributed by atoms with Gasteiger partial charge in [0.25, 0.3) is 5.91 Å². The van der Waals surface area contributed by atoms with Crippen molar-refractivity contribution in [2.24, 2.45) is 0 Å². The third-order valence-corrected chi connectivity index (χ3v) is 5.62. The van der Waals surface area contributed by atoms with Crippen LogP contribution in [0, 0.1) is 0 Å². The van der Waals surface area contributed by atoms with E-state index in [0.717, 1.165) is 35.5 Å². The van der Waals surface area contributed by atoms with Crippen LogP contribution in [0.15, 0.2) is 77.3 Å². The van der Waals surface area contributed by atoms with Crippen LogP contribution in [0.4, 0.5) is 24.5 Å². The number of para-hydroxylation sites is 1. The summed E-state index contributed by atoms with van der Waals surface area (Å²) in [6.45, 7) is 0.836. The number of amides is 1. The summed E-state index contributed by atoms with van der Waals surface area (Å²) < 4.78 is 44.0. The number of hydrogen-bond donors (Lipinski definition) is 1. The lowest BCUT2D eigenvalue weighted by molar-refractivity contribution is -0.137. The van der Waals surface area contributed by atoms with E-state index in [-0.39, 0.29) is 29.7 Å². The van der Waals surface area contributed by atoms with E-state index in [9.17, 15) is 18.0 Å². The molecule has 2 heterocycles. The zero-order valence-electron chi connectivity index (χ0n) is 17.8. The summed E-state index contributed by atoms with van der Waals surface area (Å²) in [5.74, 6) is 0.245. The number of carbonyl (C=O) groups is 1. The second-order valence-corrected chi connectivity index (χ2v) is 7.86. The van der Waals surface area contributed by atoms with Crippen molar-refractivity contribution < 1.29 is 22.5 Å². The largest absolute Gasteiger partial charge is 0.416 e. The first-order chi connectivity index (χ1) is 16.4. The molecule has 0 atom stereocenters. The van der Waals surface area contributed by atoms with Gasteiger partial charge < -0.3 is 14.7 Å². The van der Waals surface area contributed by atoms with E-state index in [1.165, 1.54) is 12.1 Å². The number of fused-ring (bicyclic) bond motifs is 1. The third-order valence-electron chi connectivity index (χ3n) is 5.62. The van der Waals surface area contributed by atoms with Crippen LogP contribution in [0.3, 0.4) is 0 Å². The molecule has 1 aliphatic heterocycles. The van der Waals surface area contributed by atoms with Crippen LogP contribution in [-0.2, 0) is 19.1 Å². The van der Waals surface area contributed by atoms with E-state index in [1.54, 1.807) is 29.2 Å². The summed E-state index contributed by atoms with van der Waals surface area (Å²) in [5.41, 5.74) is 2.86. The number of benzene rings is 3. The highest BCUT2D eigenvalue weighted by atomic mass is 19.4. The Bertz CT molecular complexity index is 1330. The fourth-order valence-corrected chi connectivity index (χ4v) is 3.89. The molecule has 0 unspecified atom stereocenters. The van der Waals surface area contributed by atoms with Crippen molar-refractivity contribution in [1.29, 1.82) is 0 Å². The Hall–Kier alpha value is -4.14. The minimum Gasteiger partial charge on any atom is -0.376 e. The van der Waals surface area contributed by atoms with Crippen LogP contribution in [0.5, 0.6) is 0 Å². The number of aromatic nitrogens is 2. The summed E-state index contributed by atoms with van der Waals surface area (Å²) in [6, 6.07) is 19.7. The van der Waals surface area contributed by atoms with Crippen molar-refractivity contribution in [3.05, 3.63) is 95.4 Å². The average Bonchev–Trinajstić information content (AvgIpc) is 3.50. The smallest absolute Gasteiger partial charge is 0.376 e. The fourth-order valence-electron chi connectivity index (χ4n) is 3.89. The second kappa shape index (κ2) is 8.66. The van der Waals surface area contributed by atoms with Gasteiger partial charge >= 0.3 is 6.18 Å². The Morgan fingerprint density at radius 2 is 1.82 bits per heavy atom. The number of nitrogens with zero attached hydrogens (tertiary/aromatic N) is 3. The van der Waals surface area contributed by atoms with Gasteiger partial charge in [-0.15, -0.1) is 0 Å². The molecule has 1 aromatic heterocycles. The van der Waals surface area contributed by atoms with Gasteiger partial charge in [0.15, 0.2) is 0 Å². The molecule has 3 aromatic carbocycles. The highest BCUT2D eigenvalue weighted by Gasteiger charge is 2.31. The number of carbonyl (C=O) groups excluding carboxylic acids is 1. The predicted molar refractivity (Wildman–Crippen MR) is 120 cm³/mol. The molecule has 0 fully saturated rings. The van der Waals surface area contributed by atoms with E-state index >= 15 is 0 Å². The maximum absolute atomic E-state index is 12.9. The van der Waals surface area contributed by atoms with Gasteiger partial charge in [0.1, 0.15) is 0 Å². The van der Waals surface area contributed by atoms with E-state index < -0.39 is 11.7 Å². The molecule has 0 spiro atoms. The lowest BCUT2D eigenvalue weighted by Crippen LogP contribution is -2.28. The molecule has 6 nitrogen and oxygen atoms in total. The molecule has 1 amide bonds. The molecular weight excluding hydrogens is 445 g/mol. The standard InChI is InChI=1S/C25H19F3N4O2/c26-25(27,28)19-6-3-5-18(14-19)23-30-22(34-31-23)15-29-20-10-8-17(9-11-20)24(33)32-13-12-16-4-1-2-7-21(16)32/h1-11,14,29H,12-13,15H2. The molecule has 1 aliphatic rings. The first-order valence-electron chi connectivity index (χ1n) is 10.6. The van der Waals surface area contributed by atoms with Gasteiger partial charge in [-0.25, -0.2) is 0 Å². The molecule has 9 heteroatoms. The summed E-state index contributed by atoms with van der Waals surface area (Å²) in [5, 5.41) is 6.89. The van der Waals surface area contributed by atoms with Gasteiger partial charge in [0.2, 0.25) is 11.7 Å². The normalized spacial score (nSPS) is 13.1. The highest BCUT2D eigenvalue weighted by molar-refractivity contribution is 6.07. The van der Waals surface area contributed by atoms with Gasteiger partial charge in [-0.3, -0.25) is 4.79 Å². The van der Waals surface area contributed by atoms with Crippen molar-refractivity contribution in [3.8, 4) is 11.4 Å². The van der Waals surface area contributed by atoms with Crippen molar-refractivity contribution in [2.75, 3.05) is 16.8 Å². The minimum atomic E-state index is -4.45. The number of rotatable bonds is 5. The molecule has 0 bridgehead atoms. The van der Waals surface area contributed by atoms with Crippen molar-refractivity contribution in [2.45, 2.75) is 19.1 Å². The zero-order valence-corrected chi connectivity index (χ0v) is 17.8. The Labute approximate surface area is 193 Å². The van der Waals surface area contributed by atoms with Crippen LogP contribution in [0.25, 0.3) is 11.4 Å². The van der Waals surface area contributed by atoms with Gasteiger partial charge in [0.05, 0.1) is 12.1 Å². The zero-order chi connectivity index (χ0) is 23.7. The van der Waals surface area contributed by atoms with Crippen molar-refractivity contribution in [1.82, 2.24) is 10.1 Å². The number of halogens is 3. The summed E-state index contributed by atoms with van der Waals surface area (Å²) in [6.07, 6.45) is -3.61. The molecule has 0 aliphatic carbocycles. The van der Waals surface area contributed by atoms with Gasteiger partial charge in [0, 0.05) is 29.0 Å². The van der Waals surface area contributed by atoms with E-state index in [4.69, 9.17) is 4.52 Å². The van der Waals surface area contributed by atoms with Crippen LogP contribution in [0.1, 0.15) is 27.4 Å². The van der Waals surface area contributed by atoms with E-state index in [2.05, 4.69) is 15.5 Å². The number of anilines is 2. The lowest BCUT2D eigenvalue weighted by atomic mass is 10.1. The monoisotopic (exact) mass is 464 g/mol. The Balaban J connectivity index is 1.23. The lowest BCUT2D eigenvalue weighted by Gasteiger charge is -2.17. The first-order valence-corrected chi connectivity index (χ1v) is 10.6. The van der Waals surface area contributed by atoms with Gasteiger partial charge in [-0.05, 0) is 54.4 Å². The second-order valence-electron chi connectivity index (χ2n) is 7.86. The Morgan fingerprint density at radius 3 is 2.62 bits per heavy atom. The van der Waals surface area contributed by atoms with E-state index in [0.29, 0.717) is 12.1 Å². The van der Waals surface area contributed by atoms with Crippen molar-refractivity contribution in [3.63, 3.8) is 0 Å². The first kappa shape index (κ1) is 21.7. The molecule has 0 radical (unpaired) electrons. The summed E-state index contributed by atoms with van der Waals surface area (Å²) in [4.78, 5) is 18.9. The molecule has 172 valence electrons. The quantitative estimate of drug-likeness (QED) is 0.418. The molecule has 0 saturated carbocycles. The summed E-state index contributed by atoms with van der Waals surface area (Å²) in [7, 11) is 0. The number of nitrogens with one attached hydrogen (secondary N) is 1. The maximum atomic E-state index is 12.9. The Morgan fingerprint density at radius 1 is 1.03 bits per heavy atom. The van der Waals surface area contributed by atoms with Crippen LogP contribution in [0.2, 0.25) is 0 Å². The maximum Gasteiger partial charge on any atom is 0.416 e. The fraction of sp³-hybridized carbons (Fsp3) is 0.160. The van der Waals surface area contributed by atoms with Crippen LogP contribution < -0.4 is 10.2 Å². The van der Waals surface area contributed by atoms with Crippen molar-refractivity contribution >= 4 is 17.3 Å². The molecule has 34 heavy (non-hydrogen) atoms. The van der Waals surface area contributed by atoms with Gasteiger partial charge in [-0.1, -0.05) is 35.5 Å². The number of alkyl halides is 3. The minimum absolute atomic E-state index is 0.0564. The van der Waals surface area contributed by atoms with Crippen LogP contribution in [-0.4, -0.2) is 22.6 Å². The average molecular weight is 464 g/mol. The molecular formula is C25H19F3N4O2. The summed E-state index contributed by atoms with van der Waals surface area (Å²) >= 11 is 0. The highest BCUT2D eigenvalue weighted by Crippen LogP contribution is 2.32. The SMILES string of the molecule is O=C(c1ccc(NCc2nc(-c3cccc(C(F)(F)F)c3)no2)cc1)N1CCc2ccccc21. The van der Waals surface area contributed by atoms with Gasteiger partial charge in [-0.2, -0.15) is 18.2 Å². The molecule has 1 N–H and O–H groups in total. The third kappa shape index (κ3) is 4.36. The molecule has 0 saturated heterocycles. The molecule has 4 aromatic rings. The Kier molecular flexibility index (Phi) is 5.53. The topological polar surface area (TPSA) is 71.3 Å². The van der Waals surface area contributed by atoms with Crippen LogP contribution >= 0.6 is 0 Å². The van der Waals surface area contributed by atoms with E-state index in [1.807, 2.05) is 24.3 Å².